The highest BCUT2D eigenvalue weighted by Gasteiger charge is 2.33. The van der Waals surface area contributed by atoms with Crippen molar-refractivity contribution in [2.75, 3.05) is 13.1 Å². The molecule has 0 aromatic heterocycles. The number of likely N-dealkylation sites (N-methyl/N-ethyl adjacent to an activating group) is 1. The molecule has 0 aliphatic rings. The number of halogens is 1. The van der Waals surface area contributed by atoms with Gasteiger partial charge in [0.05, 0.1) is 0 Å². The fourth-order valence-corrected chi connectivity index (χ4v) is 1.24. The molecule has 82 valence electrons. The highest BCUT2D eigenvalue weighted by molar-refractivity contribution is 6.25. The van der Waals surface area contributed by atoms with Crippen LogP contribution in [0.2, 0.25) is 0 Å². The summed E-state index contributed by atoms with van der Waals surface area (Å²) >= 11 is 5.55. The van der Waals surface area contributed by atoms with E-state index in [1.165, 1.54) is 5.54 Å². The van der Waals surface area contributed by atoms with Gasteiger partial charge in [0.1, 0.15) is 5.54 Å². The summed E-state index contributed by atoms with van der Waals surface area (Å²) in [4.78, 5) is 12.9. The lowest BCUT2D eigenvalue weighted by Gasteiger charge is -2.34. The summed E-state index contributed by atoms with van der Waals surface area (Å²) in [5.74, 6) is -0.818. The summed E-state index contributed by atoms with van der Waals surface area (Å²) in [6, 6.07) is 0. The molecule has 0 aromatic rings. The number of aliphatic carboxylic acids is 1. The first kappa shape index (κ1) is 13.5. The average Bonchev–Trinajstić information content (AvgIpc) is 2.12. The van der Waals surface area contributed by atoms with Crippen LogP contribution >= 0.6 is 11.6 Å². The lowest BCUT2D eigenvalue weighted by atomic mass is 10.0. The second-order valence-electron chi connectivity index (χ2n) is 3.83. The molecular weight excluding hydrogens is 202 g/mol. The third-order valence-corrected chi connectivity index (χ3v) is 2.69. The third kappa shape index (κ3) is 3.31. The maximum absolute atomic E-state index is 11.0. The summed E-state index contributed by atoms with van der Waals surface area (Å²) < 4.78 is 0. The van der Waals surface area contributed by atoms with Crippen molar-refractivity contribution in [2.24, 2.45) is 0 Å². The molecular formula is C10H18ClNO2. The van der Waals surface area contributed by atoms with Crippen LogP contribution in [0.25, 0.3) is 0 Å². The number of hydrogen-bond donors (Lipinski definition) is 1. The highest BCUT2D eigenvalue weighted by Crippen LogP contribution is 2.16. The molecule has 0 rings (SSSR count). The van der Waals surface area contributed by atoms with Gasteiger partial charge in [-0.1, -0.05) is 18.5 Å². The molecule has 0 aliphatic carbocycles. The molecule has 0 saturated heterocycles. The summed E-state index contributed by atoms with van der Waals surface area (Å²) in [7, 11) is 0. The molecule has 0 spiro atoms. The van der Waals surface area contributed by atoms with E-state index in [2.05, 4.69) is 0 Å². The van der Waals surface area contributed by atoms with Gasteiger partial charge in [-0.05, 0) is 32.9 Å². The predicted molar refractivity (Wildman–Crippen MR) is 58.6 cm³/mol. The van der Waals surface area contributed by atoms with Crippen molar-refractivity contribution in [1.29, 1.82) is 0 Å². The van der Waals surface area contributed by atoms with Crippen LogP contribution in [-0.2, 0) is 4.79 Å². The second kappa shape index (κ2) is 5.37. The molecule has 0 aliphatic heterocycles. The maximum Gasteiger partial charge on any atom is 0.323 e. The van der Waals surface area contributed by atoms with Gasteiger partial charge in [-0.25, -0.2) is 0 Å². The quantitative estimate of drug-likeness (QED) is 0.772. The zero-order valence-electron chi connectivity index (χ0n) is 9.17. The minimum atomic E-state index is -0.851. The van der Waals surface area contributed by atoms with Crippen molar-refractivity contribution < 1.29 is 9.90 Å². The number of carbonyl (C=O) groups is 1. The number of nitrogens with zero attached hydrogens (tertiary/aromatic N) is 1. The molecule has 0 atom stereocenters. The summed E-state index contributed by atoms with van der Waals surface area (Å²) in [5.41, 5.74) is 1.60. The normalized spacial score (nSPS) is 13.4. The maximum atomic E-state index is 11.0. The van der Waals surface area contributed by atoms with Crippen molar-refractivity contribution in [3.05, 3.63) is 11.1 Å². The van der Waals surface area contributed by atoms with Gasteiger partial charge in [0.2, 0.25) is 0 Å². The Morgan fingerprint density at radius 3 is 2.36 bits per heavy atom. The third-order valence-electron chi connectivity index (χ3n) is 2.32. The fourth-order valence-electron chi connectivity index (χ4n) is 1.18. The van der Waals surface area contributed by atoms with Crippen molar-refractivity contribution >= 4 is 17.6 Å². The second-order valence-corrected chi connectivity index (χ2v) is 4.05. The zero-order valence-corrected chi connectivity index (χ0v) is 9.93. The Balaban J connectivity index is 4.64. The first-order chi connectivity index (χ1) is 6.36. The first-order valence-corrected chi connectivity index (χ1v) is 5.04. The molecule has 0 fully saturated rings. The van der Waals surface area contributed by atoms with E-state index >= 15 is 0 Å². The Bertz CT molecular complexity index is 236. The number of carboxylic acids is 1. The Morgan fingerprint density at radius 2 is 2.07 bits per heavy atom. The first-order valence-electron chi connectivity index (χ1n) is 4.60. The molecule has 0 bridgehead atoms. The van der Waals surface area contributed by atoms with E-state index < -0.39 is 11.5 Å². The average molecular weight is 220 g/mol. The lowest BCUT2D eigenvalue weighted by Crippen LogP contribution is -2.50. The lowest BCUT2D eigenvalue weighted by molar-refractivity contribution is -0.149. The Kier molecular flexibility index (Phi) is 5.16. The fraction of sp³-hybridized carbons (Fsp3) is 0.700. The van der Waals surface area contributed by atoms with Crippen LogP contribution in [0.5, 0.6) is 0 Å². The van der Waals surface area contributed by atoms with Gasteiger partial charge in [0.15, 0.2) is 0 Å². The molecule has 0 heterocycles. The number of rotatable bonds is 5. The van der Waals surface area contributed by atoms with Crippen molar-refractivity contribution in [1.82, 2.24) is 4.90 Å². The van der Waals surface area contributed by atoms with Gasteiger partial charge in [-0.15, -0.1) is 0 Å². The predicted octanol–water partition coefficient (Wildman–Crippen LogP) is 2.31. The van der Waals surface area contributed by atoms with E-state index in [9.17, 15) is 4.79 Å². The van der Waals surface area contributed by atoms with Gasteiger partial charge < -0.3 is 5.11 Å². The molecule has 14 heavy (non-hydrogen) atoms. The molecule has 3 nitrogen and oxygen atoms in total. The largest absolute Gasteiger partial charge is 0.480 e. The molecule has 0 amide bonds. The number of hydrogen-bond acceptors (Lipinski definition) is 2. The smallest absolute Gasteiger partial charge is 0.323 e. The Morgan fingerprint density at radius 1 is 1.57 bits per heavy atom. The van der Waals surface area contributed by atoms with Crippen molar-refractivity contribution in [3.8, 4) is 0 Å². The van der Waals surface area contributed by atoms with E-state index in [4.69, 9.17) is 16.7 Å². The summed E-state index contributed by atoms with van der Waals surface area (Å²) in [6.45, 7) is 8.47. The zero-order chi connectivity index (χ0) is 11.4. The van der Waals surface area contributed by atoms with Crippen molar-refractivity contribution in [3.63, 3.8) is 0 Å². The van der Waals surface area contributed by atoms with E-state index in [1.807, 2.05) is 18.7 Å². The monoisotopic (exact) mass is 219 g/mol. The standard InChI is InChI=1S/C10H18ClNO2/c1-5-12(7-8(2)6-11)10(3,4)9(13)14/h6H,5,7H2,1-4H3,(H,13,14). The Labute approximate surface area is 90.4 Å². The number of carboxylic acid groups (broad SMARTS) is 1. The Hall–Kier alpha value is -0.540. The summed E-state index contributed by atoms with van der Waals surface area (Å²) in [6.07, 6.45) is 0. The molecule has 0 radical (unpaired) electrons. The van der Waals surface area contributed by atoms with Gasteiger partial charge in [0, 0.05) is 12.1 Å². The van der Waals surface area contributed by atoms with Crippen LogP contribution < -0.4 is 0 Å². The minimum absolute atomic E-state index is 0.583. The van der Waals surface area contributed by atoms with E-state index in [1.54, 1.807) is 13.8 Å². The molecule has 0 unspecified atom stereocenters. The molecule has 0 aromatic carbocycles. The molecule has 1 N–H and O–H groups in total. The minimum Gasteiger partial charge on any atom is -0.480 e. The van der Waals surface area contributed by atoms with Crippen LogP contribution in [-0.4, -0.2) is 34.6 Å². The van der Waals surface area contributed by atoms with Crippen LogP contribution in [0, 0.1) is 0 Å². The summed E-state index contributed by atoms with van der Waals surface area (Å²) in [5, 5.41) is 9.03. The van der Waals surface area contributed by atoms with Crippen LogP contribution in [0.4, 0.5) is 0 Å². The van der Waals surface area contributed by atoms with Crippen molar-refractivity contribution in [2.45, 2.75) is 33.2 Å². The molecule has 0 saturated carbocycles. The van der Waals surface area contributed by atoms with Gasteiger partial charge in [-0.3, -0.25) is 9.69 Å². The topological polar surface area (TPSA) is 40.5 Å². The van der Waals surface area contributed by atoms with E-state index in [0.29, 0.717) is 13.1 Å². The van der Waals surface area contributed by atoms with Gasteiger partial charge in [0.25, 0.3) is 0 Å². The highest BCUT2D eigenvalue weighted by atomic mass is 35.5. The molecule has 4 heteroatoms. The van der Waals surface area contributed by atoms with Gasteiger partial charge >= 0.3 is 5.97 Å². The van der Waals surface area contributed by atoms with Crippen LogP contribution in [0.1, 0.15) is 27.7 Å². The van der Waals surface area contributed by atoms with Gasteiger partial charge in [-0.2, -0.15) is 0 Å². The van der Waals surface area contributed by atoms with Crippen LogP contribution in [0.15, 0.2) is 11.1 Å². The van der Waals surface area contributed by atoms with Crippen LogP contribution in [0.3, 0.4) is 0 Å². The van der Waals surface area contributed by atoms with E-state index in [0.717, 1.165) is 5.57 Å². The SMILES string of the molecule is CCN(CC(C)=CCl)C(C)(C)C(=O)O. The van der Waals surface area contributed by atoms with E-state index in [-0.39, 0.29) is 0 Å².